The van der Waals surface area contributed by atoms with Crippen LogP contribution in [0.15, 0.2) is 42.5 Å². The first kappa shape index (κ1) is 23.1. The first-order valence-corrected chi connectivity index (χ1v) is 10.1. The van der Waals surface area contributed by atoms with Gasteiger partial charge in [0.25, 0.3) is 5.91 Å². The number of Topliss-reactive ketones (excluding diaryl/α,β-unsaturated/α-hetero) is 1. The van der Waals surface area contributed by atoms with E-state index in [0.29, 0.717) is 48.1 Å². The Morgan fingerprint density at radius 3 is 2.72 bits per heavy atom. The molecule has 1 aliphatic heterocycles. The Morgan fingerprint density at radius 1 is 1.12 bits per heavy atom. The van der Waals surface area contributed by atoms with Crippen molar-refractivity contribution in [2.45, 2.75) is 6.42 Å². The van der Waals surface area contributed by atoms with Crippen molar-refractivity contribution in [3.8, 4) is 17.2 Å². The van der Waals surface area contributed by atoms with Gasteiger partial charge in [0, 0.05) is 31.9 Å². The number of carbonyl (C=O) groups excluding carboxylic acids is 3. The number of fused-ring (bicyclic) bond motifs is 1. The summed E-state index contributed by atoms with van der Waals surface area (Å²) in [6.45, 7) is 0.443. The van der Waals surface area contributed by atoms with Gasteiger partial charge in [0.05, 0.1) is 12.8 Å². The van der Waals surface area contributed by atoms with E-state index in [2.05, 4.69) is 5.32 Å². The fourth-order valence-corrected chi connectivity index (χ4v) is 3.12. The monoisotopic (exact) mass is 442 g/mol. The molecule has 170 valence electrons. The molecule has 1 N–H and O–H groups in total. The number of nitrogens with zero attached hydrogens (tertiary/aromatic N) is 1. The van der Waals surface area contributed by atoms with Crippen molar-refractivity contribution in [3.63, 3.8) is 0 Å². The Kier molecular flexibility index (Phi) is 8.04. The molecule has 0 atom stereocenters. The number of ether oxygens (including phenoxy) is 4. The highest BCUT2D eigenvalue weighted by molar-refractivity contribution is 6.04. The van der Waals surface area contributed by atoms with Gasteiger partial charge in [-0.1, -0.05) is 6.07 Å². The van der Waals surface area contributed by atoms with Crippen LogP contribution in [0, 0.1) is 0 Å². The maximum absolute atomic E-state index is 12.7. The smallest absolute Gasteiger partial charge is 0.265 e. The molecule has 3 rings (SSSR count). The molecule has 0 saturated carbocycles. The highest BCUT2D eigenvalue weighted by Crippen LogP contribution is 2.33. The van der Waals surface area contributed by atoms with Crippen LogP contribution >= 0.6 is 0 Å². The molecule has 2 aromatic carbocycles. The molecule has 0 spiro atoms. The van der Waals surface area contributed by atoms with Gasteiger partial charge >= 0.3 is 0 Å². The van der Waals surface area contributed by atoms with Crippen molar-refractivity contribution in [2.24, 2.45) is 0 Å². The lowest BCUT2D eigenvalue weighted by molar-refractivity contribution is -0.125. The van der Waals surface area contributed by atoms with E-state index in [4.69, 9.17) is 18.9 Å². The van der Waals surface area contributed by atoms with Crippen molar-refractivity contribution in [2.75, 3.05) is 52.0 Å². The average Bonchev–Trinajstić information content (AvgIpc) is 2.82. The first-order valence-electron chi connectivity index (χ1n) is 10.1. The summed E-state index contributed by atoms with van der Waals surface area (Å²) in [5.41, 5.74) is 0.718. The van der Waals surface area contributed by atoms with Gasteiger partial charge in [-0.15, -0.1) is 0 Å². The van der Waals surface area contributed by atoms with Crippen LogP contribution in [0.1, 0.15) is 16.8 Å². The quantitative estimate of drug-likeness (QED) is 0.418. The zero-order chi connectivity index (χ0) is 22.9. The van der Waals surface area contributed by atoms with Crippen molar-refractivity contribution in [1.29, 1.82) is 0 Å². The van der Waals surface area contributed by atoms with Gasteiger partial charge in [0.15, 0.2) is 19.0 Å². The number of ketones is 1. The highest BCUT2D eigenvalue weighted by atomic mass is 16.5. The zero-order valence-corrected chi connectivity index (χ0v) is 18.1. The Bertz CT molecular complexity index is 977. The number of hydrogen-bond donors (Lipinski definition) is 1. The minimum absolute atomic E-state index is 0.167. The van der Waals surface area contributed by atoms with Gasteiger partial charge in [-0.05, 0) is 36.8 Å². The molecule has 1 aliphatic rings. The topological polar surface area (TPSA) is 103 Å². The lowest BCUT2D eigenvalue weighted by Crippen LogP contribution is -2.45. The standard InChI is InChI=1S/C23H26N2O7/c1-29-10-4-9-24-22(27)13-25-19-11-16(7-8-21(19)32-15-23(25)28)20(26)14-31-18-6-3-5-17(12-18)30-2/h3,5-8,11-12H,4,9-10,13-15H2,1-2H3,(H,24,27). The van der Waals surface area contributed by atoms with E-state index in [0.717, 1.165) is 0 Å². The Morgan fingerprint density at radius 2 is 1.94 bits per heavy atom. The molecule has 2 aromatic rings. The van der Waals surface area contributed by atoms with E-state index < -0.39 is 0 Å². The molecule has 32 heavy (non-hydrogen) atoms. The molecular formula is C23H26N2O7. The Balaban J connectivity index is 1.67. The highest BCUT2D eigenvalue weighted by Gasteiger charge is 2.28. The number of rotatable bonds is 11. The lowest BCUT2D eigenvalue weighted by atomic mass is 10.1. The molecule has 0 bridgehead atoms. The molecule has 9 heteroatoms. The van der Waals surface area contributed by atoms with Gasteiger partial charge in [-0.2, -0.15) is 0 Å². The number of benzene rings is 2. The molecule has 0 fully saturated rings. The summed E-state index contributed by atoms with van der Waals surface area (Å²) in [4.78, 5) is 38.7. The maximum atomic E-state index is 12.7. The summed E-state index contributed by atoms with van der Waals surface area (Å²) in [6, 6.07) is 11.7. The van der Waals surface area contributed by atoms with Crippen LogP contribution in [0.25, 0.3) is 0 Å². The SMILES string of the molecule is COCCCNC(=O)CN1C(=O)COc2ccc(C(=O)COc3cccc(OC)c3)cc21. The largest absolute Gasteiger partial charge is 0.497 e. The minimum atomic E-state index is -0.359. The van der Waals surface area contributed by atoms with Crippen molar-refractivity contribution in [3.05, 3.63) is 48.0 Å². The van der Waals surface area contributed by atoms with Crippen molar-refractivity contribution in [1.82, 2.24) is 5.32 Å². The summed E-state index contributed by atoms with van der Waals surface area (Å²) in [5, 5.41) is 2.75. The van der Waals surface area contributed by atoms with Crippen molar-refractivity contribution < 1.29 is 33.3 Å². The van der Waals surface area contributed by atoms with Crippen LogP contribution in [0.3, 0.4) is 0 Å². The van der Waals surface area contributed by atoms with Crippen LogP contribution in [0.5, 0.6) is 17.2 Å². The van der Waals surface area contributed by atoms with Gasteiger partial charge in [0.2, 0.25) is 5.91 Å². The zero-order valence-electron chi connectivity index (χ0n) is 18.1. The lowest BCUT2D eigenvalue weighted by Gasteiger charge is -2.29. The predicted molar refractivity (Wildman–Crippen MR) is 117 cm³/mol. The van der Waals surface area contributed by atoms with Gasteiger partial charge < -0.3 is 24.3 Å². The molecular weight excluding hydrogens is 416 g/mol. The summed E-state index contributed by atoms with van der Waals surface area (Å²) < 4.78 is 21.1. The fraction of sp³-hybridized carbons (Fsp3) is 0.348. The van der Waals surface area contributed by atoms with Gasteiger partial charge in [-0.3, -0.25) is 19.3 Å². The molecule has 0 aromatic heterocycles. The Labute approximate surface area is 186 Å². The predicted octanol–water partition coefficient (Wildman–Crippen LogP) is 1.83. The van der Waals surface area contributed by atoms with E-state index in [-0.39, 0.29) is 37.4 Å². The molecule has 1 heterocycles. The van der Waals surface area contributed by atoms with E-state index in [1.807, 2.05) is 0 Å². The normalized spacial score (nSPS) is 12.6. The van der Waals surface area contributed by atoms with E-state index in [1.54, 1.807) is 56.7 Å². The molecule has 0 saturated heterocycles. The third kappa shape index (κ3) is 5.98. The van der Waals surface area contributed by atoms with Gasteiger partial charge in [-0.25, -0.2) is 0 Å². The third-order valence-electron chi connectivity index (χ3n) is 4.78. The molecule has 0 radical (unpaired) electrons. The summed E-state index contributed by atoms with van der Waals surface area (Å²) in [6.07, 6.45) is 0.668. The number of methoxy groups -OCH3 is 2. The molecule has 2 amide bonds. The maximum Gasteiger partial charge on any atom is 0.265 e. The second-order valence-corrected chi connectivity index (χ2v) is 7.04. The number of nitrogens with one attached hydrogen (secondary N) is 1. The Hall–Kier alpha value is -3.59. The second kappa shape index (κ2) is 11.1. The second-order valence-electron chi connectivity index (χ2n) is 7.04. The van der Waals surface area contributed by atoms with Crippen LogP contribution in [-0.4, -0.2) is 64.7 Å². The molecule has 0 unspecified atom stereocenters. The number of amides is 2. The number of carbonyl (C=O) groups is 3. The molecule has 9 nitrogen and oxygen atoms in total. The van der Waals surface area contributed by atoms with Crippen LogP contribution in [-0.2, 0) is 14.3 Å². The number of anilines is 1. The molecule has 0 aliphatic carbocycles. The minimum Gasteiger partial charge on any atom is -0.497 e. The van der Waals surface area contributed by atoms with E-state index >= 15 is 0 Å². The van der Waals surface area contributed by atoms with Crippen LogP contribution in [0.4, 0.5) is 5.69 Å². The van der Waals surface area contributed by atoms with E-state index in [9.17, 15) is 14.4 Å². The average molecular weight is 442 g/mol. The first-order chi connectivity index (χ1) is 15.5. The van der Waals surface area contributed by atoms with Gasteiger partial charge in [0.1, 0.15) is 23.8 Å². The summed E-state index contributed by atoms with van der Waals surface area (Å²) in [5.74, 6) is 0.610. The van der Waals surface area contributed by atoms with Crippen LogP contribution < -0.4 is 24.4 Å². The number of hydrogen-bond acceptors (Lipinski definition) is 7. The summed E-state index contributed by atoms with van der Waals surface area (Å²) >= 11 is 0. The third-order valence-corrected chi connectivity index (χ3v) is 4.78. The van der Waals surface area contributed by atoms with Crippen LogP contribution in [0.2, 0.25) is 0 Å². The van der Waals surface area contributed by atoms with Crippen molar-refractivity contribution >= 4 is 23.3 Å². The fourth-order valence-electron chi connectivity index (χ4n) is 3.12. The van der Waals surface area contributed by atoms with E-state index in [1.165, 1.54) is 4.90 Å². The summed E-state index contributed by atoms with van der Waals surface area (Å²) in [7, 11) is 3.14.